The summed E-state index contributed by atoms with van der Waals surface area (Å²) in [4.78, 5) is 78.9. The van der Waals surface area contributed by atoms with Crippen molar-refractivity contribution in [1.29, 1.82) is 5.26 Å². The van der Waals surface area contributed by atoms with E-state index in [0.717, 1.165) is 55.0 Å². The van der Waals surface area contributed by atoms with Gasteiger partial charge in [-0.1, -0.05) is 39.3 Å². The molecular weight excluding hydrogens is 803 g/mol. The second kappa shape index (κ2) is 15.1. The molecule has 14 nitrogen and oxygen atoms in total. The summed E-state index contributed by atoms with van der Waals surface area (Å²) >= 11 is 6.30. The average molecular weight is 851 g/mol. The number of halogens is 2. The summed E-state index contributed by atoms with van der Waals surface area (Å²) < 4.78 is 22.0. The number of benzene rings is 2. The molecule has 9 rings (SSSR count). The number of fused-ring (bicyclic) bond motifs is 2. The molecule has 16 heteroatoms. The van der Waals surface area contributed by atoms with Crippen LogP contribution in [0, 0.1) is 33.9 Å². The van der Waals surface area contributed by atoms with E-state index in [-0.39, 0.29) is 58.5 Å². The van der Waals surface area contributed by atoms with Crippen molar-refractivity contribution in [3.63, 3.8) is 0 Å². The van der Waals surface area contributed by atoms with Crippen LogP contribution in [0.3, 0.4) is 0 Å². The molecule has 1 unspecified atom stereocenters. The molecule has 6 heterocycles. The maximum absolute atomic E-state index is 15.5. The third-order valence-electron chi connectivity index (χ3n) is 13.8. The number of pyridine rings is 1. The van der Waals surface area contributed by atoms with E-state index in [1.807, 2.05) is 21.9 Å². The van der Waals surface area contributed by atoms with Gasteiger partial charge in [0.25, 0.3) is 17.7 Å². The van der Waals surface area contributed by atoms with E-state index >= 15 is 4.39 Å². The Morgan fingerprint density at radius 1 is 0.852 bits per heavy atom. The van der Waals surface area contributed by atoms with Gasteiger partial charge < -0.3 is 19.4 Å². The lowest BCUT2D eigenvalue weighted by molar-refractivity contribution is -0.199. The van der Waals surface area contributed by atoms with Crippen molar-refractivity contribution >= 4 is 52.6 Å². The zero-order valence-electron chi connectivity index (χ0n) is 34.7. The molecule has 1 aromatic heterocycles. The SMILES string of the molecule is CC1(C)C(Oc2ccc(C#N)c(Cl)c2)C(C)(C)C1N1Cc2nc(N3CCC(CN4CCN(c5cc6c(cc5F)C(=O)N(C5CCC(=O)NC5=O)C6=O)CC4)CC3)ccc2C1=O. The van der Waals surface area contributed by atoms with Gasteiger partial charge in [-0.3, -0.25) is 39.1 Å². The first kappa shape index (κ1) is 40.8. The number of hydrogen-bond acceptors (Lipinski definition) is 11. The first-order chi connectivity index (χ1) is 29.1. The fourth-order valence-electron chi connectivity index (χ4n) is 11.2. The van der Waals surface area contributed by atoms with Crippen molar-refractivity contribution in [2.45, 2.75) is 78.1 Å². The van der Waals surface area contributed by atoms with Crippen molar-refractivity contribution in [3.8, 4) is 11.8 Å². The van der Waals surface area contributed by atoms with Crippen LogP contribution in [0.15, 0.2) is 42.5 Å². The van der Waals surface area contributed by atoms with E-state index in [1.165, 1.54) is 6.07 Å². The van der Waals surface area contributed by atoms with Crippen molar-refractivity contribution in [3.05, 3.63) is 81.3 Å². The number of ether oxygens (including phenoxy) is 1. The van der Waals surface area contributed by atoms with Gasteiger partial charge in [0.2, 0.25) is 11.8 Å². The molecule has 61 heavy (non-hydrogen) atoms. The molecule has 318 valence electrons. The van der Waals surface area contributed by atoms with E-state index in [0.29, 0.717) is 60.5 Å². The van der Waals surface area contributed by atoms with Gasteiger partial charge >= 0.3 is 0 Å². The smallest absolute Gasteiger partial charge is 0.262 e. The monoisotopic (exact) mass is 850 g/mol. The van der Waals surface area contributed by atoms with Gasteiger partial charge in [0.05, 0.1) is 45.2 Å². The Morgan fingerprint density at radius 2 is 1.54 bits per heavy atom. The number of anilines is 2. The van der Waals surface area contributed by atoms with Crippen LogP contribution in [0.5, 0.6) is 5.75 Å². The van der Waals surface area contributed by atoms with E-state index in [9.17, 15) is 29.2 Å². The minimum atomic E-state index is -1.11. The Hall–Kier alpha value is -5.59. The summed E-state index contributed by atoms with van der Waals surface area (Å²) in [6, 6.07) is 12.4. The number of carbonyl (C=O) groups excluding carboxylic acids is 5. The molecule has 1 N–H and O–H groups in total. The Bertz CT molecular complexity index is 2400. The molecule has 4 fully saturated rings. The first-order valence-electron chi connectivity index (χ1n) is 21.0. The molecular formula is C45H48ClFN8O6. The minimum Gasteiger partial charge on any atom is -0.489 e. The largest absolute Gasteiger partial charge is 0.489 e. The number of hydrogen-bond donors (Lipinski definition) is 1. The van der Waals surface area contributed by atoms with Crippen LogP contribution in [0.25, 0.3) is 0 Å². The molecule has 5 amide bonds. The molecule has 3 aromatic rings. The predicted molar refractivity (Wildman–Crippen MR) is 223 cm³/mol. The second-order valence-corrected chi connectivity index (χ2v) is 18.8. The average Bonchev–Trinajstić information content (AvgIpc) is 3.66. The molecule has 0 spiro atoms. The highest BCUT2D eigenvalue weighted by atomic mass is 35.5. The number of rotatable bonds is 8. The normalized spacial score (nSPS) is 25.0. The highest BCUT2D eigenvalue weighted by Gasteiger charge is 2.67. The fourth-order valence-corrected chi connectivity index (χ4v) is 11.4. The molecule has 1 saturated carbocycles. The Morgan fingerprint density at radius 3 is 2.20 bits per heavy atom. The van der Waals surface area contributed by atoms with Crippen molar-refractivity contribution < 1.29 is 33.1 Å². The number of carbonyl (C=O) groups is 5. The molecule has 0 bridgehead atoms. The van der Waals surface area contributed by atoms with Crippen molar-refractivity contribution in [2.24, 2.45) is 16.7 Å². The number of piperazine rings is 1. The summed E-state index contributed by atoms with van der Waals surface area (Å²) in [6.07, 6.45) is 1.82. The minimum absolute atomic E-state index is 0.0130. The summed E-state index contributed by atoms with van der Waals surface area (Å²) in [5.74, 6) is -1.19. The quantitative estimate of drug-likeness (QED) is 0.303. The molecule has 1 atom stereocenters. The van der Waals surface area contributed by atoms with E-state index in [2.05, 4.69) is 48.9 Å². The van der Waals surface area contributed by atoms with Crippen LogP contribution in [-0.2, 0) is 16.1 Å². The zero-order valence-corrected chi connectivity index (χ0v) is 35.4. The summed E-state index contributed by atoms with van der Waals surface area (Å²) in [6.45, 7) is 14.1. The summed E-state index contributed by atoms with van der Waals surface area (Å²) in [5.41, 5.74) is 1.34. The van der Waals surface area contributed by atoms with Gasteiger partial charge in [-0.05, 0) is 61.6 Å². The van der Waals surface area contributed by atoms with Gasteiger partial charge in [0.1, 0.15) is 35.6 Å². The third-order valence-corrected chi connectivity index (χ3v) is 14.1. The molecule has 1 aliphatic carbocycles. The van der Waals surface area contributed by atoms with Gasteiger partial charge in [-0.15, -0.1) is 0 Å². The van der Waals surface area contributed by atoms with E-state index in [1.54, 1.807) is 18.2 Å². The highest BCUT2D eigenvalue weighted by molar-refractivity contribution is 6.31. The van der Waals surface area contributed by atoms with E-state index in [4.69, 9.17) is 21.3 Å². The summed E-state index contributed by atoms with van der Waals surface area (Å²) in [7, 11) is 0. The van der Waals surface area contributed by atoms with Crippen LogP contribution < -0.4 is 19.9 Å². The molecule has 0 radical (unpaired) electrons. The molecule has 2 aromatic carbocycles. The standard InChI is InChI=1S/C45H48ClFN8O6/c1-44(2)42(45(3,4)43(44)61-27-6-5-26(22-48)31(46)19-27)54-24-33-28(39(54)58)7-9-36(49-33)53-13-11-25(12-14-53)23-51-15-17-52(18-16-51)35-21-30-29(20-32(35)47)40(59)55(41(30)60)34-8-10-37(56)50-38(34)57/h5-7,9,19-21,25,34,42-43H,8,10-18,23-24H2,1-4H3,(H,50,56,57). The van der Waals surface area contributed by atoms with Crippen molar-refractivity contribution in [1.82, 2.24) is 25.0 Å². The predicted octanol–water partition coefficient (Wildman–Crippen LogP) is 5.02. The lowest BCUT2D eigenvalue weighted by atomic mass is 9.49. The number of piperidine rings is 2. The van der Waals surface area contributed by atoms with Crippen molar-refractivity contribution in [2.75, 3.05) is 55.6 Å². The lowest BCUT2D eigenvalue weighted by Crippen LogP contribution is -2.74. The highest BCUT2D eigenvalue weighted by Crippen LogP contribution is 2.59. The van der Waals surface area contributed by atoms with E-state index < -0.39 is 35.5 Å². The maximum Gasteiger partial charge on any atom is 0.262 e. The Kier molecular flexibility index (Phi) is 10.1. The number of amides is 5. The number of nitriles is 1. The number of nitrogens with one attached hydrogen (secondary N) is 1. The molecule has 6 aliphatic rings. The van der Waals surface area contributed by atoms with Crippen LogP contribution in [0.4, 0.5) is 15.9 Å². The molecule has 5 aliphatic heterocycles. The van der Waals surface area contributed by atoms with Gasteiger partial charge in [-0.2, -0.15) is 5.26 Å². The van der Waals surface area contributed by atoms with Gasteiger partial charge in [-0.25, -0.2) is 9.37 Å². The zero-order chi connectivity index (χ0) is 43.1. The van der Waals surface area contributed by atoms with Crippen LogP contribution in [-0.4, -0.2) is 113 Å². The lowest BCUT2D eigenvalue weighted by Gasteiger charge is -2.65. The van der Waals surface area contributed by atoms with Gasteiger partial charge in [0.15, 0.2) is 0 Å². The fraction of sp³-hybridized carbons (Fsp3) is 0.489. The first-order valence-corrected chi connectivity index (χ1v) is 21.4. The number of nitrogens with zero attached hydrogens (tertiary/aromatic N) is 7. The Balaban J connectivity index is 0.775. The molecule has 3 saturated heterocycles. The number of imide groups is 2. The number of aromatic nitrogens is 1. The summed E-state index contributed by atoms with van der Waals surface area (Å²) in [5, 5.41) is 11.8. The Labute approximate surface area is 358 Å². The topological polar surface area (TPSA) is 159 Å². The maximum atomic E-state index is 15.5. The second-order valence-electron chi connectivity index (χ2n) is 18.4. The van der Waals surface area contributed by atoms with Crippen LogP contribution in [0.1, 0.15) is 95.7 Å². The van der Waals surface area contributed by atoms with Gasteiger partial charge in [0, 0.05) is 75.2 Å². The third kappa shape index (κ3) is 6.88. The van der Waals surface area contributed by atoms with Crippen LogP contribution in [0.2, 0.25) is 5.02 Å². The van der Waals surface area contributed by atoms with Crippen LogP contribution >= 0.6 is 11.6 Å².